The summed E-state index contributed by atoms with van der Waals surface area (Å²) in [4.78, 5) is 4.30. The molecule has 0 amide bonds. The molecule has 0 aliphatic heterocycles. The zero-order valence-electron chi connectivity index (χ0n) is 11.0. The Morgan fingerprint density at radius 1 is 1.00 bits per heavy atom. The van der Waals surface area contributed by atoms with Crippen molar-refractivity contribution in [2.24, 2.45) is 0 Å². The van der Waals surface area contributed by atoms with Crippen molar-refractivity contribution in [1.82, 2.24) is 19.6 Å². The number of halogens is 3. The first-order valence-electron chi connectivity index (χ1n) is 6.38. The zero-order valence-corrected chi connectivity index (χ0v) is 12.5. The molecular weight excluding hydrogens is 326 g/mol. The van der Waals surface area contributed by atoms with Gasteiger partial charge in [-0.25, -0.2) is 9.37 Å². The first-order valence-corrected chi connectivity index (χ1v) is 7.13. The maximum atomic E-state index is 13.5. The highest BCUT2D eigenvalue weighted by molar-refractivity contribution is 6.36. The van der Waals surface area contributed by atoms with Crippen LogP contribution in [0, 0.1) is 5.82 Å². The number of fused-ring (bicyclic) bond motifs is 3. The smallest absolute Gasteiger partial charge is 0.171 e. The Morgan fingerprint density at radius 3 is 2.68 bits per heavy atom. The van der Waals surface area contributed by atoms with E-state index in [0.29, 0.717) is 38.0 Å². The Bertz CT molecular complexity index is 1030. The Morgan fingerprint density at radius 2 is 1.86 bits per heavy atom. The molecule has 0 saturated carbocycles. The summed E-state index contributed by atoms with van der Waals surface area (Å²) in [6, 6.07) is 9.47. The van der Waals surface area contributed by atoms with Gasteiger partial charge in [0, 0.05) is 16.0 Å². The molecule has 22 heavy (non-hydrogen) atoms. The second-order valence-corrected chi connectivity index (χ2v) is 5.59. The van der Waals surface area contributed by atoms with Crippen LogP contribution in [-0.2, 0) is 0 Å². The largest absolute Gasteiger partial charge is 0.265 e. The first-order chi connectivity index (χ1) is 10.6. The van der Waals surface area contributed by atoms with E-state index in [0.717, 1.165) is 0 Å². The molecule has 0 bridgehead atoms. The van der Waals surface area contributed by atoms with Crippen LogP contribution in [-0.4, -0.2) is 19.6 Å². The summed E-state index contributed by atoms with van der Waals surface area (Å²) < 4.78 is 15.2. The summed E-state index contributed by atoms with van der Waals surface area (Å²) in [6.07, 6.45) is 1.59. The van der Waals surface area contributed by atoms with Crippen LogP contribution in [0.2, 0.25) is 10.0 Å². The van der Waals surface area contributed by atoms with E-state index in [9.17, 15) is 4.39 Å². The van der Waals surface area contributed by atoms with Gasteiger partial charge in [0.2, 0.25) is 0 Å². The lowest BCUT2D eigenvalue weighted by Crippen LogP contribution is -1.93. The van der Waals surface area contributed by atoms with E-state index in [2.05, 4.69) is 15.2 Å². The molecule has 0 spiro atoms. The third-order valence-corrected chi connectivity index (χ3v) is 3.93. The van der Waals surface area contributed by atoms with Crippen molar-refractivity contribution < 1.29 is 4.39 Å². The molecule has 2 aromatic heterocycles. The number of hydrogen-bond acceptors (Lipinski definition) is 3. The van der Waals surface area contributed by atoms with E-state index in [4.69, 9.17) is 23.2 Å². The molecule has 0 aliphatic carbocycles. The van der Waals surface area contributed by atoms with Crippen LogP contribution < -0.4 is 0 Å². The maximum Gasteiger partial charge on any atom is 0.171 e. The summed E-state index contributed by atoms with van der Waals surface area (Å²) in [5, 5.41) is 9.89. The van der Waals surface area contributed by atoms with Gasteiger partial charge in [-0.1, -0.05) is 23.2 Å². The topological polar surface area (TPSA) is 43.1 Å². The van der Waals surface area contributed by atoms with E-state index in [1.165, 1.54) is 12.1 Å². The third-order valence-electron chi connectivity index (χ3n) is 3.38. The van der Waals surface area contributed by atoms with Gasteiger partial charge in [0.15, 0.2) is 11.5 Å². The van der Waals surface area contributed by atoms with Gasteiger partial charge in [0.1, 0.15) is 12.1 Å². The van der Waals surface area contributed by atoms with E-state index in [1.807, 2.05) is 0 Å². The zero-order chi connectivity index (χ0) is 15.3. The fourth-order valence-corrected chi connectivity index (χ4v) is 2.85. The molecule has 2 heterocycles. The molecular formula is C15H7Cl2FN4. The van der Waals surface area contributed by atoms with Crippen LogP contribution in [0.4, 0.5) is 4.39 Å². The highest BCUT2D eigenvalue weighted by Crippen LogP contribution is 2.30. The molecule has 2 aromatic carbocycles. The summed E-state index contributed by atoms with van der Waals surface area (Å²) >= 11 is 12.1. The summed E-state index contributed by atoms with van der Waals surface area (Å²) in [5.74, 6) is 0.173. The van der Waals surface area contributed by atoms with Crippen molar-refractivity contribution in [3.63, 3.8) is 0 Å². The normalized spacial score (nSPS) is 11.4. The van der Waals surface area contributed by atoms with Crippen molar-refractivity contribution in [2.45, 2.75) is 0 Å². The summed E-state index contributed by atoms with van der Waals surface area (Å²) in [5.41, 5.74) is 1.84. The molecule has 108 valence electrons. The van der Waals surface area contributed by atoms with Gasteiger partial charge in [-0.15, -0.1) is 10.2 Å². The van der Waals surface area contributed by atoms with E-state index < -0.39 is 0 Å². The molecule has 4 nitrogen and oxygen atoms in total. The monoisotopic (exact) mass is 332 g/mol. The number of aromatic nitrogens is 4. The predicted molar refractivity (Wildman–Crippen MR) is 83.7 cm³/mol. The Labute approximate surface area is 134 Å². The quantitative estimate of drug-likeness (QED) is 0.519. The van der Waals surface area contributed by atoms with Crippen LogP contribution in [0.1, 0.15) is 0 Å². The summed E-state index contributed by atoms with van der Waals surface area (Å²) in [7, 11) is 0. The van der Waals surface area contributed by atoms with Crippen molar-refractivity contribution in [2.75, 3.05) is 0 Å². The summed E-state index contributed by atoms with van der Waals surface area (Å²) in [6.45, 7) is 0. The fourth-order valence-electron chi connectivity index (χ4n) is 2.36. The standard InChI is InChI=1S/C15H7Cl2FN4/c16-8-1-3-10(12(17)5-8)14-20-21-15-11-6-9(18)2-4-13(11)19-7-22(14)15/h1-7H. The molecule has 0 N–H and O–H groups in total. The molecule has 0 unspecified atom stereocenters. The van der Waals surface area contributed by atoms with Crippen molar-refractivity contribution in [3.8, 4) is 11.4 Å². The molecule has 4 rings (SSSR count). The first kappa shape index (κ1) is 13.4. The maximum absolute atomic E-state index is 13.5. The van der Waals surface area contributed by atoms with Gasteiger partial charge in [-0.3, -0.25) is 4.40 Å². The van der Waals surface area contributed by atoms with Gasteiger partial charge in [0.05, 0.1) is 10.5 Å². The highest BCUT2D eigenvalue weighted by Gasteiger charge is 2.14. The van der Waals surface area contributed by atoms with Crippen molar-refractivity contribution in [3.05, 3.63) is 58.6 Å². The van der Waals surface area contributed by atoms with Crippen LogP contribution in [0.3, 0.4) is 0 Å². The van der Waals surface area contributed by atoms with Crippen LogP contribution in [0.25, 0.3) is 27.9 Å². The molecule has 0 fully saturated rings. The molecule has 0 atom stereocenters. The average Bonchev–Trinajstić information content (AvgIpc) is 2.91. The lowest BCUT2D eigenvalue weighted by atomic mass is 10.2. The van der Waals surface area contributed by atoms with Gasteiger partial charge in [0.25, 0.3) is 0 Å². The van der Waals surface area contributed by atoms with Gasteiger partial charge in [-0.2, -0.15) is 0 Å². The lowest BCUT2D eigenvalue weighted by molar-refractivity contribution is 0.629. The Kier molecular flexibility index (Phi) is 2.99. The predicted octanol–water partition coefficient (Wildman–Crippen LogP) is 4.39. The van der Waals surface area contributed by atoms with E-state index in [-0.39, 0.29) is 5.82 Å². The number of rotatable bonds is 1. The minimum atomic E-state index is -0.350. The van der Waals surface area contributed by atoms with Gasteiger partial charge < -0.3 is 0 Å². The van der Waals surface area contributed by atoms with Crippen molar-refractivity contribution in [1.29, 1.82) is 0 Å². The van der Waals surface area contributed by atoms with Crippen LogP contribution in [0.5, 0.6) is 0 Å². The Balaban J connectivity index is 2.04. The van der Waals surface area contributed by atoms with Crippen molar-refractivity contribution >= 4 is 39.8 Å². The number of hydrogen-bond donors (Lipinski definition) is 0. The molecule has 7 heteroatoms. The second kappa shape index (κ2) is 4.90. The lowest BCUT2D eigenvalue weighted by Gasteiger charge is -2.04. The molecule has 0 aliphatic rings. The number of benzene rings is 2. The molecule has 4 aromatic rings. The fraction of sp³-hybridized carbons (Fsp3) is 0. The SMILES string of the molecule is Fc1ccc2ncn3c(-c4ccc(Cl)cc4Cl)nnc3c2c1. The third kappa shape index (κ3) is 2.01. The number of nitrogens with zero attached hydrogens (tertiary/aromatic N) is 4. The van der Waals surface area contributed by atoms with E-state index >= 15 is 0 Å². The van der Waals surface area contributed by atoms with Crippen LogP contribution in [0.15, 0.2) is 42.7 Å². The molecule has 0 saturated heterocycles. The van der Waals surface area contributed by atoms with Gasteiger partial charge >= 0.3 is 0 Å². The Hall–Kier alpha value is -2.24. The minimum absolute atomic E-state index is 0.350. The van der Waals surface area contributed by atoms with Gasteiger partial charge in [-0.05, 0) is 36.4 Å². The average molecular weight is 333 g/mol. The minimum Gasteiger partial charge on any atom is -0.265 e. The highest BCUT2D eigenvalue weighted by atomic mass is 35.5. The van der Waals surface area contributed by atoms with E-state index in [1.54, 1.807) is 35.0 Å². The van der Waals surface area contributed by atoms with Crippen LogP contribution >= 0.6 is 23.2 Å². The second-order valence-electron chi connectivity index (χ2n) is 4.75. The molecule has 0 radical (unpaired) electrons.